The number of hydrogen-bond acceptors (Lipinski definition) is 3. The fraction of sp³-hybridized carbons (Fsp3) is 0.400. The lowest BCUT2D eigenvalue weighted by Gasteiger charge is -2.13. The topological polar surface area (TPSA) is 22.1 Å². The molecule has 0 atom stereocenters. The van der Waals surface area contributed by atoms with Crippen LogP contribution in [0.3, 0.4) is 0 Å². The highest BCUT2D eigenvalue weighted by Crippen LogP contribution is 2.38. The maximum atomic E-state index is 6.36. The van der Waals surface area contributed by atoms with Crippen LogP contribution in [0.15, 0.2) is 22.0 Å². The number of thiazole rings is 1. The molecule has 2 aromatic rings. The predicted molar refractivity (Wildman–Crippen MR) is 90.1 cm³/mol. The molecule has 0 N–H and O–H groups in total. The van der Waals surface area contributed by atoms with Gasteiger partial charge in [-0.1, -0.05) is 32.4 Å². The molecule has 0 radical (unpaired) electrons. The van der Waals surface area contributed by atoms with E-state index < -0.39 is 0 Å². The summed E-state index contributed by atoms with van der Waals surface area (Å²) >= 11 is 11.5. The molecule has 20 heavy (non-hydrogen) atoms. The number of halogens is 2. The molecule has 0 aliphatic carbocycles. The largest absolute Gasteiger partial charge is 0.493 e. The van der Waals surface area contributed by atoms with Crippen LogP contribution in [0.25, 0.3) is 11.3 Å². The van der Waals surface area contributed by atoms with Gasteiger partial charge in [0, 0.05) is 22.4 Å². The molecule has 1 aromatic heterocycles. The minimum atomic E-state index is 0.0535. The van der Waals surface area contributed by atoms with E-state index in [9.17, 15) is 0 Å². The molecule has 0 saturated heterocycles. The van der Waals surface area contributed by atoms with Gasteiger partial charge in [0.2, 0.25) is 0 Å². The van der Waals surface area contributed by atoms with E-state index in [1.165, 1.54) is 0 Å². The Morgan fingerprint density at radius 1 is 1.35 bits per heavy atom. The van der Waals surface area contributed by atoms with Gasteiger partial charge in [-0.25, -0.2) is 4.98 Å². The summed E-state index contributed by atoms with van der Waals surface area (Å²) in [4.78, 5) is 4.70. The minimum absolute atomic E-state index is 0.0535. The number of nitrogens with zero attached hydrogens (tertiary/aromatic N) is 1. The Labute approximate surface area is 137 Å². The molecule has 0 bridgehead atoms. The van der Waals surface area contributed by atoms with Crippen molar-refractivity contribution in [2.45, 2.75) is 33.1 Å². The third-order valence-corrected chi connectivity index (χ3v) is 4.94. The second-order valence-corrected chi connectivity index (χ2v) is 7.60. The average Bonchev–Trinajstić information content (AvgIpc) is 2.82. The SMILES string of the molecule is CCOc1cc(Cl)c(-c2csc(C(C)(C)C)n2)cc1Br. The van der Waals surface area contributed by atoms with Crippen LogP contribution in [0.5, 0.6) is 5.75 Å². The zero-order valence-corrected chi connectivity index (χ0v) is 15.1. The van der Waals surface area contributed by atoms with Gasteiger partial charge < -0.3 is 4.74 Å². The fourth-order valence-corrected chi connectivity index (χ4v) is 3.35. The summed E-state index contributed by atoms with van der Waals surface area (Å²) in [7, 11) is 0. The molecule has 5 heteroatoms. The molecule has 0 aliphatic heterocycles. The molecular formula is C15H17BrClNOS. The van der Waals surface area contributed by atoms with E-state index in [0.717, 1.165) is 26.5 Å². The van der Waals surface area contributed by atoms with Gasteiger partial charge in [-0.2, -0.15) is 0 Å². The lowest BCUT2D eigenvalue weighted by Crippen LogP contribution is -2.10. The van der Waals surface area contributed by atoms with Crippen molar-refractivity contribution in [2.24, 2.45) is 0 Å². The van der Waals surface area contributed by atoms with Gasteiger partial charge in [-0.05, 0) is 28.9 Å². The van der Waals surface area contributed by atoms with Crippen molar-refractivity contribution in [3.63, 3.8) is 0 Å². The normalized spacial score (nSPS) is 11.7. The number of aromatic nitrogens is 1. The summed E-state index contributed by atoms with van der Waals surface area (Å²) in [5.41, 5.74) is 1.89. The van der Waals surface area contributed by atoms with Crippen molar-refractivity contribution in [3.05, 3.63) is 32.0 Å². The summed E-state index contributed by atoms with van der Waals surface area (Å²) in [6.07, 6.45) is 0. The van der Waals surface area contributed by atoms with E-state index in [2.05, 4.69) is 42.1 Å². The highest BCUT2D eigenvalue weighted by Gasteiger charge is 2.20. The zero-order chi connectivity index (χ0) is 14.9. The second-order valence-electron chi connectivity index (χ2n) is 5.48. The molecule has 0 unspecified atom stereocenters. The first kappa shape index (κ1) is 15.8. The molecule has 1 heterocycles. The molecule has 108 valence electrons. The van der Waals surface area contributed by atoms with Gasteiger partial charge in [0.05, 0.1) is 26.8 Å². The van der Waals surface area contributed by atoms with Crippen LogP contribution in [0.1, 0.15) is 32.7 Å². The van der Waals surface area contributed by atoms with Crippen LogP contribution < -0.4 is 4.74 Å². The minimum Gasteiger partial charge on any atom is -0.493 e. The standard InChI is InChI=1S/C15H17BrClNOS/c1-5-19-13-7-11(17)9(6-10(13)16)12-8-20-14(18-12)15(2,3)4/h6-8H,5H2,1-4H3. The molecular weight excluding hydrogens is 358 g/mol. The van der Waals surface area contributed by atoms with Crippen molar-refractivity contribution in [1.82, 2.24) is 4.98 Å². The van der Waals surface area contributed by atoms with Gasteiger partial charge in [0.15, 0.2) is 0 Å². The Balaban J connectivity index is 2.43. The molecule has 0 fully saturated rings. The Morgan fingerprint density at radius 3 is 2.60 bits per heavy atom. The first-order valence-corrected chi connectivity index (χ1v) is 8.46. The quantitative estimate of drug-likeness (QED) is 0.665. The monoisotopic (exact) mass is 373 g/mol. The van der Waals surface area contributed by atoms with Crippen molar-refractivity contribution in [3.8, 4) is 17.0 Å². The Bertz CT molecular complexity index is 619. The van der Waals surface area contributed by atoms with Crippen LogP contribution in [0, 0.1) is 0 Å². The van der Waals surface area contributed by atoms with E-state index >= 15 is 0 Å². The maximum absolute atomic E-state index is 6.36. The molecule has 1 aromatic carbocycles. The second kappa shape index (κ2) is 6.04. The third-order valence-electron chi connectivity index (χ3n) is 2.74. The Hall–Kier alpha value is -0.580. The van der Waals surface area contributed by atoms with E-state index in [1.807, 2.05) is 19.1 Å². The van der Waals surface area contributed by atoms with Crippen LogP contribution in [0.2, 0.25) is 5.02 Å². The third kappa shape index (κ3) is 3.35. The van der Waals surface area contributed by atoms with Gasteiger partial charge in [0.25, 0.3) is 0 Å². The van der Waals surface area contributed by atoms with Crippen molar-refractivity contribution in [1.29, 1.82) is 0 Å². The van der Waals surface area contributed by atoms with Crippen molar-refractivity contribution < 1.29 is 4.74 Å². The fourth-order valence-electron chi connectivity index (χ4n) is 1.73. The Kier molecular flexibility index (Phi) is 4.77. The smallest absolute Gasteiger partial charge is 0.134 e. The number of hydrogen-bond donors (Lipinski definition) is 0. The summed E-state index contributed by atoms with van der Waals surface area (Å²) in [5, 5.41) is 3.81. The molecule has 0 aliphatic rings. The lowest BCUT2D eigenvalue weighted by molar-refractivity contribution is 0.338. The number of benzene rings is 1. The summed E-state index contributed by atoms with van der Waals surface area (Å²) < 4.78 is 6.41. The van der Waals surface area contributed by atoms with Gasteiger partial charge >= 0.3 is 0 Å². The highest BCUT2D eigenvalue weighted by atomic mass is 79.9. The number of ether oxygens (including phenoxy) is 1. The first-order chi connectivity index (χ1) is 9.32. The van der Waals surface area contributed by atoms with Gasteiger partial charge in [-0.3, -0.25) is 0 Å². The van der Waals surface area contributed by atoms with E-state index in [-0.39, 0.29) is 5.41 Å². The van der Waals surface area contributed by atoms with Crippen molar-refractivity contribution in [2.75, 3.05) is 6.61 Å². The molecule has 0 saturated carbocycles. The highest BCUT2D eigenvalue weighted by molar-refractivity contribution is 9.10. The van der Waals surface area contributed by atoms with Crippen LogP contribution in [-0.2, 0) is 5.41 Å². The predicted octanol–water partition coefficient (Wildman–Crippen LogP) is 5.92. The summed E-state index contributed by atoms with van der Waals surface area (Å²) in [6.45, 7) is 9.03. The number of rotatable bonds is 3. The first-order valence-electron chi connectivity index (χ1n) is 6.41. The maximum Gasteiger partial charge on any atom is 0.134 e. The van der Waals surface area contributed by atoms with E-state index in [4.69, 9.17) is 21.3 Å². The van der Waals surface area contributed by atoms with Crippen LogP contribution >= 0.6 is 38.9 Å². The molecule has 0 amide bonds. The Morgan fingerprint density at radius 2 is 2.05 bits per heavy atom. The zero-order valence-electron chi connectivity index (χ0n) is 12.0. The molecule has 0 spiro atoms. The summed E-state index contributed by atoms with van der Waals surface area (Å²) in [6, 6.07) is 3.80. The molecule has 2 rings (SSSR count). The van der Waals surface area contributed by atoms with Gasteiger partial charge in [-0.15, -0.1) is 11.3 Å². The van der Waals surface area contributed by atoms with E-state index in [1.54, 1.807) is 11.3 Å². The average molecular weight is 375 g/mol. The van der Waals surface area contributed by atoms with Gasteiger partial charge in [0.1, 0.15) is 5.75 Å². The lowest BCUT2D eigenvalue weighted by atomic mass is 9.98. The molecule has 2 nitrogen and oxygen atoms in total. The van der Waals surface area contributed by atoms with Crippen LogP contribution in [-0.4, -0.2) is 11.6 Å². The summed E-state index contributed by atoms with van der Waals surface area (Å²) in [5.74, 6) is 0.757. The van der Waals surface area contributed by atoms with Crippen LogP contribution in [0.4, 0.5) is 0 Å². The van der Waals surface area contributed by atoms with E-state index in [0.29, 0.717) is 11.6 Å². The van der Waals surface area contributed by atoms with Crippen molar-refractivity contribution >= 4 is 38.9 Å².